The smallest absolute Gasteiger partial charge is 0.253 e. The number of aryl methyl sites for hydroxylation is 1. The van der Waals surface area contributed by atoms with Gasteiger partial charge in [0.15, 0.2) is 6.10 Å². The van der Waals surface area contributed by atoms with Crippen molar-refractivity contribution in [2.75, 3.05) is 6.54 Å². The molecule has 1 aromatic carbocycles. The third kappa shape index (κ3) is 3.85. The van der Waals surface area contributed by atoms with Gasteiger partial charge in [-0.2, -0.15) is 0 Å². The quantitative estimate of drug-likeness (QED) is 0.826. The molecule has 1 atom stereocenters. The Labute approximate surface area is 121 Å². The molecule has 0 aliphatic rings. The number of hydrogen-bond donors (Lipinski definition) is 2. The summed E-state index contributed by atoms with van der Waals surface area (Å²) < 4.78 is 14.7. The summed E-state index contributed by atoms with van der Waals surface area (Å²) in [6.07, 6.45) is 0.842. The number of carbonyl (C=O) groups excluding carboxylic acids is 1. The minimum absolute atomic E-state index is 0.343. The fourth-order valence-corrected chi connectivity index (χ4v) is 1.93. The molecular formula is C14H17FN4O2. The lowest BCUT2D eigenvalue weighted by Gasteiger charge is -2.11. The van der Waals surface area contributed by atoms with E-state index in [2.05, 4.69) is 15.5 Å². The maximum Gasteiger partial charge on any atom is 0.253 e. The van der Waals surface area contributed by atoms with Crippen molar-refractivity contribution in [2.45, 2.75) is 26.0 Å². The Balaban J connectivity index is 1.85. The zero-order valence-electron chi connectivity index (χ0n) is 11.7. The summed E-state index contributed by atoms with van der Waals surface area (Å²) in [5.74, 6) is -0.163. The van der Waals surface area contributed by atoms with Gasteiger partial charge in [0.25, 0.3) is 5.91 Å². The number of halogens is 1. The van der Waals surface area contributed by atoms with Gasteiger partial charge in [0, 0.05) is 19.5 Å². The van der Waals surface area contributed by atoms with Gasteiger partial charge in [-0.15, -0.1) is 10.2 Å². The van der Waals surface area contributed by atoms with Crippen LogP contribution in [0.5, 0.6) is 0 Å². The number of aromatic nitrogens is 3. The molecule has 7 heteroatoms. The van der Waals surface area contributed by atoms with Crippen LogP contribution in [-0.4, -0.2) is 32.3 Å². The van der Waals surface area contributed by atoms with Crippen molar-refractivity contribution in [3.63, 3.8) is 0 Å². The first kappa shape index (κ1) is 15.1. The molecule has 0 fully saturated rings. The van der Waals surface area contributed by atoms with Gasteiger partial charge in [-0.1, -0.05) is 12.1 Å². The average Bonchev–Trinajstić information content (AvgIpc) is 2.94. The largest absolute Gasteiger partial charge is 0.378 e. The number of benzene rings is 1. The first-order chi connectivity index (χ1) is 10.1. The van der Waals surface area contributed by atoms with Crippen molar-refractivity contribution in [3.05, 3.63) is 47.8 Å². The van der Waals surface area contributed by atoms with Gasteiger partial charge < -0.3 is 15.0 Å². The van der Waals surface area contributed by atoms with Crippen LogP contribution in [0, 0.1) is 5.82 Å². The van der Waals surface area contributed by atoms with Crippen LogP contribution in [0.2, 0.25) is 0 Å². The number of rotatable bonds is 6. The van der Waals surface area contributed by atoms with Gasteiger partial charge in [-0.3, -0.25) is 4.79 Å². The van der Waals surface area contributed by atoms with E-state index >= 15 is 0 Å². The average molecular weight is 292 g/mol. The van der Waals surface area contributed by atoms with Crippen LogP contribution in [0.25, 0.3) is 0 Å². The highest BCUT2D eigenvalue weighted by atomic mass is 19.1. The van der Waals surface area contributed by atoms with Crippen LogP contribution in [0.4, 0.5) is 4.39 Å². The molecule has 0 saturated carbocycles. The number of nitrogens with one attached hydrogen (secondary N) is 1. The molecule has 0 aliphatic carbocycles. The zero-order chi connectivity index (χ0) is 15.2. The van der Waals surface area contributed by atoms with Gasteiger partial charge in [0.1, 0.15) is 18.0 Å². The standard InChI is InChI=1S/C14H17FN4O2/c1-2-19-9-17-18-12(19)7-8-16-14(21)13(20)10-3-5-11(15)6-4-10/h3-6,9,13,20H,2,7-8H2,1H3,(H,16,21)/t13-/m1/s1. The Morgan fingerprint density at radius 1 is 1.43 bits per heavy atom. The van der Waals surface area contributed by atoms with Gasteiger partial charge >= 0.3 is 0 Å². The summed E-state index contributed by atoms with van der Waals surface area (Å²) in [7, 11) is 0. The molecule has 6 nitrogen and oxygen atoms in total. The normalized spacial score (nSPS) is 12.1. The summed E-state index contributed by atoms with van der Waals surface area (Å²) in [5.41, 5.74) is 0.352. The Kier molecular flexibility index (Phi) is 4.99. The Morgan fingerprint density at radius 2 is 2.14 bits per heavy atom. The first-order valence-corrected chi connectivity index (χ1v) is 6.69. The Bertz CT molecular complexity index is 597. The fraction of sp³-hybridized carbons (Fsp3) is 0.357. The maximum atomic E-state index is 12.8. The lowest BCUT2D eigenvalue weighted by molar-refractivity contribution is -0.129. The molecule has 0 saturated heterocycles. The summed E-state index contributed by atoms with van der Waals surface area (Å²) in [4.78, 5) is 11.8. The van der Waals surface area contributed by atoms with Crippen molar-refractivity contribution < 1.29 is 14.3 Å². The Hall–Kier alpha value is -2.28. The third-order valence-electron chi connectivity index (χ3n) is 3.12. The zero-order valence-corrected chi connectivity index (χ0v) is 11.7. The second-order valence-corrected chi connectivity index (χ2v) is 4.53. The van der Waals surface area contributed by atoms with Gasteiger partial charge in [-0.25, -0.2) is 4.39 Å². The highest BCUT2D eigenvalue weighted by molar-refractivity contribution is 5.81. The SMILES string of the molecule is CCn1cnnc1CCNC(=O)[C@H](O)c1ccc(F)cc1. The Morgan fingerprint density at radius 3 is 2.81 bits per heavy atom. The molecule has 2 rings (SSSR count). The van der Waals surface area contributed by atoms with Crippen molar-refractivity contribution in [1.29, 1.82) is 0 Å². The third-order valence-corrected chi connectivity index (χ3v) is 3.12. The predicted octanol–water partition coefficient (Wildman–Crippen LogP) is 0.829. The summed E-state index contributed by atoms with van der Waals surface area (Å²) in [6, 6.07) is 5.17. The highest BCUT2D eigenvalue weighted by Gasteiger charge is 2.17. The maximum absolute atomic E-state index is 12.8. The van der Waals surface area contributed by atoms with Gasteiger partial charge in [0.05, 0.1) is 0 Å². The van der Waals surface area contributed by atoms with Crippen LogP contribution in [0.15, 0.2) is 30.6 Å². The minimum Gasteiger partial charge on any atom is -0.378 e. The number of nitrogens with zero attached hydrogens (tertiary/aromatic N) is 3. The molecule has 1 amide bonds. The summed E-state index contributed by atoms with van der Waals surface area (Å²) >= 11 is 0. The molecule has 1 heterocycles. The topological polar surface area (TPSA) is 80.0 Å². The predicted molar refractivity (Wildman–Crippen MR) is 73.8 cm³/mol. The summed E-state index contributed by atoms with van der Waals surface area (Å²) in [5, 5.41) is 20.2. The van der Waals surface area contributed by atoms with Crippen LogP contribution < -0.4 is 5.32 Å². The van der Waals surface area contributed by atoms with E-state index in [1.54, 1.807) is 6.33 Å². The first-order valence-electron chi connectivity index (χ1n) is 6.69. The molecule has 0 spiro atoms. The van der Waals surface area contributed by atoms with E-state index in [9.17, 15) is 14.3 Å². The van der Waals surface area contributed by atoms with E-state index < -0.39 is 17.8 Å². The number of amides is 1. The molecule has 2 N–H and O–H groups in total. The van der Waals surface area contributed by atoms with E-state index in [1.807, 2.05) is 11.5 Å². The second-order valence-electron chi connectivity index (χ2n) is 4.53. The van der Waals surface area contributed by atoms with Crippen molar-refractivity contribution >= 4 is 5.91 Å². The molecule has 0 unspecified atom stereocenters. The lowest BCUT2D eigenvalue weighted by Crippen LogP contribution is -2.31. The van der Waals surface area contributed by atoms with Crippen LogP contribution in [0.1, 0.15) is 24.4 Å². The van der Waals surface area contributed by atoms with E-state index in [1.165, 1.54) is 24.3 Å². The monoisotopic (exact) mass is 292 g/mol. The number of aliphatic hydroxyl groups is 1. The van der Waals surface area contributed by atoms with Crippen LogP contribution in [0.3, 0.4) is 0 Å². The number of carbonyl (C=O) groups is 1. The van der Waals surface area contributed by atoms with E-state index in [-0.39, 0.29) is 0 Å². The molecule has 0 aliphatic heterocycles. The van der Waals surface area contributed by atoms with Crippen molar-refractivity contribution in [3.8, 4) is 0 Å². The van der Waals surface area contributed by atoms with Gasteiger partial charge in [0.2, 0.25) is 0 Å². The molecule has 2 aromatic rings. The van der Waals surface area contributed by atoms with Crippen molar-refractivity contribution in [1.82, 2.24) is 20.1 Å². The second kappa shape index (κ2) is 6.94. The number of aliphatic hydroxyl groups excluding tert-OH is 1. The molecular weight excluding hydrogens is 275 g/mol. The lowest BCUT2D eigenvalue weighted by atomic mass is 10.1. The minimum atomic E-state index is -1.31. The molecule has 0 bridgehead atoms. The molecule has 0 radical (unpaired) electrons. The highest BCUT2D eigenvalue weighted by Crippen LogP contribution is 2.13. The van der Waals surface area contributed by atoms with E-state index in [0.717, 1.165) is 12.4 Å². The van der Waals surface area contributed by atoms with Crippen LogP contribution in [-0.2, 0) is 17.8 Å². The van der Waals surface area contributed by atoms with E-state index in [4.69, 9.17) is 0 Å². The molecule has 21 heavy (non-hydrogen) atoms. The van der Waals surface area contributed by atoms with Gasteiger partial charge in [-0.05, 0) is 24.6 Å². The van der Waals surface area contributed by atoms with Crippen LogP contribution >= 0.6 is 0 Å². The molecule has 1 aromatic heterocycles. The number of hydrogen-bond acceptors (Lipinski definition) is 4. The van der Waals surface area contributed by atoms with Crippen molar-refractivity contribution in [2.24, 2.45) is 0 Å². The summed E-state index contributed by atoms with van der Waals surface area (Å²) in [6.45, 7) is 3.08. The molecule has 112 valence electrons. The fourth-order valence-electron chi connectivity index (χ4n) is 1.93. The van der Waals surface area contributed by atoms with E-state index in [0.29, 0.717) is 18.5 Å².